The molecule has 0 atom stereocenters. The molecule has 14 rings (SSSR count). The van der Waals surface area contributed by atoms with Gasteiger partial charge in [0.15, 0.2) is 23.0 Å². The van der Waals surface area contributed by atoms with E-state index in [2.05, 4.69) is 304 Å². The van der Waals surface area contributed by atoms with Gasteiger partial charge in [0.2, 0.25) is 0 Å². The molecule has 11 aromatic carbocycles. The van der Waals surface area contributed by atoms with E-state index in [-0.39, 0.29) is 28.5 Å². The Bertz CT molecular complexity index is 4390. The number of ether oxygens (including phenoxy) is 2. The Labute approximate surface area is 509 Å². The summed E-state index contributed by atoms with van der Waals surface area (Å²) in [6.07, 6.45) is 0. The maximum Gasteiger partial charge on any atom is 0.333 e. The molecule has 3 aliphatic rings. The van der Waals surface area contributed by atoms with E-state index in [0.29, 0.717) is 23.0 Å². The van der Waals surface area contributed by atoms with Crippen molar-refractivity contribution in [1.29, 1.82) is 0 Å². The van der Waals surface area contributed by atoms with Crippen molar-refractivity contribution < 1.29 is 9.47 Å². The molecule has 0 radical (unpaired) electrons. The number of fused-ring (bicyclic) bond motifs is 8. The van der Waals surface area contributed by atoms with Gasteiger partial charge in [-0.05, 0) is 162 Å². The number of nitrogens with zero attached hydrogens (tertiary/aromatic N) is 3. The van der Waals surface area contributed by atoms with Crippen LogP contribution in [0.2, 0.25) is 0 Å². The summed E-state index contributed by atoms with van der Waals surface area (Å²) in [6.45, 7) is 27.2. The van der Waals surface area contributed by atoms with Gasteiger partial charge in [-0.3, -0.25) is 0 Å². The Morgan fingerprint density at radius 3 is 1.35 bits per heavy atom. The predicted molar refractivity (Wildman–Crippen MR) is 365 cm³/mol. The van der Waals surface area contributed by atoms with Crippen LogP contribution < -0.4 is 35.0 Å². The minimum Gasteiger partial charge on any atom is -0.450 e. The molecule has 3 aliphatic heterocycles. The zero-order valence-electron chi connectivity index (χ0n) is 51.7. The first-order chi connectivity index (χ1) is 41.2. The van der Waals surface area contributed by atoms with Crippen LogP contribution in [0, 0.1) is 0 Å². The normalized spacial score (nSPS) is 13.5. The molecule has 0 spiro atoms. The van der Waals surface area contributed by atoms with Crippen LogP contribution >= 0.6 is 0 Å². The lowest BCUT2D eigenvalue weighted by Gasteiger charge is -2.47. The average molecular weight is 1120 g/mol. The van der Waals surface area contributed by atoms with Gasteiger partial charge in [-0.1, -0.05) is 223 Å². The van der Waals surface area contributed by atoms with Gasteiger partial charge in [-0.15, -0.1) is 0 Å². The van der Waals surface area contributed by atoms with Gasteiger partial charge in [0.1, 0.15) is 0 Å². The van der Waals surface area contributed by atoms with Crippen molar-refractivity contribution in [2.75, 3.05) is 14.6 Å². The van der Waals surface area contributed by atoms with Gasteiger partial charge in [-0.2, -0.15) is 0 Å². The van der Waals surface area contributed by atoms with E-state index in [1.54, 1.807) is 0 Å². The molecular formula is C80H74BN3O2. The molecular weight excluding hydrogens is 1050 g/mol. The number of hydrogen-bond donors (Lipinski definition) is 0. The summed E-state index contributed by atoms with van der Waals surface area (Å²) >= 11 is 0. The molecule has 0 aromatic heterocycles. The topological polar surface area (TPSA) is 28.2 Å². The second kappa shape index (κ2) is 20.2. The third-order valence-corrected chi connectivity index (χ3v) is 17.9. The largest absolute Gasteiger partial charge is 0.450 e. The summed E-state index contributed by atoms with van der Waals surface area (Å²) in [7, 11) is 0. The zero-order chi connectivity index (χ0) is 59.6. The smallest absolute Gasteiger partial charge is 0.333 e. The summed E-state index contributed by atoms with van der Waals surface area (Å²) in [4.78, 5) is 7.69. The first kappa shape index (κ1) is 54.7. The van der Waals surface area contributed by atoms with Gasteiger partial charge in [0.05, 0.1) is 11.4 Å². The van der Waals surface area contributed by atoms with E-state index in [0.717, 1.165) is 89.6 Å². The fourth-order valence-corrected chi connectivity index (χ4v) is 13.1. The highest BCUT2D eigenvalue weighted by atomic mass is 16.6. The number of hydrogen-bond acceptors (Lipinski definition) is 5. The first-order valence-electron chi connectivity index (χ1n) is 30.5. The lowest BCUT2D eigenvalue weighted by molar-refractivity contribution is 0.360. The molecule has 6 heteroatoms. The van der Waals surface area contributed by atoms with Gasteiger partial charge in [0, 0.05) is 62.3 Å². The minimum atomic E-state index is -0.382. The highest BCUT2D eigenvalue weighted by molar-refractivity contribution is 6.94. The second-order valence-corrected chi connectivity index (χ2v) is 27.9. The third-order valence-electron chi connectivity index (χ3n) is 17.9. The molecule has 0 unspecified atom stereocenters. The Kier molecular flexibility index (Phi) is 12.8. The molecule has 0 N–H and O–H groups in total. The van der Waals surface area contributed by atoms with Gasteiger partial charge in [-0.25, -0.2) is 0 Å². The van der Waals surface area contributed by atoms with E-state index in [1.807, 2.05) is 24.3 Å². The summed E-state index contributed by atoms with van der Waals surface area (Å²) in [5.74, 6) is 2.72. The number of para-hydroxylation sites is 2. The summed E-state index contributed by atoms with van der Waals surface area (Å²) in [5.41, 5.74) is 22.8. The maximum atomic E-state index is 7.03. The second-order valence-electron chi connectivity index (χ2n) is 27.9. The first-order valence-corrected chi connectivity index (χ1v) is 30.5. The van der Waals surface area contributed by atoms with E-state index < -0.39 is 0 Å². The highest BCUT2D eigenvalue weighted by Gasteiger charge is 2.48. The van der Waals surface area contributed by atoms with E-state index in [4.69, 9.17) is 9.47 Å². The lowest BCUT2D eigenvalue weighted by Crippen LogP contribution is -2.61. The third kappa shape index (κ3) is 9.42. The number of rotatable bonds is 7. The molecule has 0 saturated heterocycles. The van der Waals surface area contributed by atoms with Crippen molar-refractivity contribution in [3.8, 4) is 56.4 Å². The van der Waals surface area contributed by atoms with Crippen LogP contribution in [-0.4, -0.2) is 6.85 Å². The quantitative estimate of drug-likeness (QED) is 0.148. The van der Waals surface area contributed by atoms with E-state index in [9.17, 15) is 0 Å². The lowest BCUT2D eigenvalue weighted by atomic mass is 9.43. The fraction of sp³-hybridized carbons (Fsp3) is 0.200. The van der Waals surface area contributed by atoms with Crippen LogP contribution in [0.1, 0.15) is 105 Å². The zero-order valence-corrected chi connectivity index (χ0v) is 51.7. The van der Waals surface area contributed by atoms with Gasteiger partial charge < -0.3 is 24.1 Å². The standard InChI is InChI=1S/C80H74BN3O2/c1-77(2,3)54-31-37-58(38-32-54)82(59-39-33-55(34-40-59)78(4,5)6)60-41-42-62-65-45-53-27-19-20-28-61(53)76-75(65)81(84(69(62)48-60)68-44-36-57(80(10,11)12)47-64(68)52-25-17-14-18-26-52)66-49-73-74(86-72-30-22-21-29-71(72)85-73)50-70(66)83(76)67-43-35-56(79(7,8)9)46-63(67)51-23-15-13-16-24-51/h13-50H,1-12H3. The molecule has 5 nitrogen and oxygen atoms in total. The number of anilines is 8. The molecule has 0 amide bonds. The van der Waals surface area contributed by atoms with E-state index >= 15 is 0 Å². The molecule has 86 heavy (non-hydrogen) atoms. The summed E-state index contributed by atoms with van der Waals surface area (Å²) in [5, 5.41) is 2.32. The SMILES string of the molecule is CC(C)(C)c1ccc(N(c2ccc(C(C)(C)C)cc2)c2ccc3c(c2)N(c2ccc(C(C)(C)C)cc2-c2ccccc2)B2c4cc5c(cc4N(c4ccc(C(C)(C)C)cc4-c4ccccc4)c4c2c-3cc2ccccc42)Oc2ccccc2O5)cc1. The highest BCUT2D eigenvalue weighted by Crippen LogP contribution is 2.56. The van der Waals surface area contributed by atoms with Crippen LogP contribution in [-0.2, 0) is 21.7 Å². The molecule has 424 valence electrons. The van der Waals surface area contributed by atoms with Crippen molar-refractivity contribution in [3.63, 3.8) is 0 Å². The Morgan fingerprint density at radius 2 is 0.802 bits per heavy atom. The van der Waals surface area contributed by atoms with Crippen LogP contribution in [0.5, 0.6) is 23.0 Å². The van der Waals surface area contributed by atoms with Crippen molar-refractivity contribution in [2.24, 2.45) is 0 Å². The Balaban J connectivity index is 1.12. The van der Waals surface area contributed by atoms with Crippen molar-refractivity contribution >= 4 is 74.0 Å². The number of benzene rings is 11. The maximum absolute atomic E-state index is 7.03. The summed E-state index contributed by atoms with van der Waals surface area (Å²) < 4.78 is 14.0. The monoisotopic (exact) mass is 1120 g/mol. The van der Waals surface area contributed by atoms with Crippen molar-refractivity contribution in [2.45, 2.75) is 105 Å². The predicted octanol–water partition coefficient (Wildman–Crippen LogP) is 21.4. The van der Waals surface area contributed by atoms with Crippen LogP contribution in [0.15, 0.2) is 231 Å². The van der Waals surface area contributed by atoms with E-state index in [1.165, 1.54) is 33.3 Å². The molecule has 0 saturated carbocycles. The Morgan fingerprint density at radius 1 is 0.337 bits per heavy atom. The fourth-order valence-electron chi connectivity index (χ4n) is 13.1. The minimum absolute atomic E-state index is 0.00981. The van der Waals surface area contributed by atoms with Gasteiger partial charge in [0.25, 0.3) is 0 Å². The molecule has 3 heterocycles. The Hall–Kier alpha value is -9.26. The molecule has 0 aliphatic carbocycles. The molecule has 0 fully saturated rings. The molecule has 0 bridgehead atoms. The average Bonchev–Trinajstić information content (AvgIpc) is 0.708. The van der Waals surface area contributed by atoms with Crippen molar-refractivity contribution in [3.05, 3.63) is 253 Å². The van der Waals surface area contributed by atoms with Crippen LogP contribution in [0.3, 0.4) is 0 Å². The summed E-state index contributed by atoms with van der Waals surface area (Å²) in [6, 6.07) is 85.9. The molecule has 11 aromatic rings. The van der Waals surface area contributed by atoms with Crippen molar-refractivity contribution in [1.82, 2.24) is 0 Å². The van der Waals surface area contributed by atoms with Crippen LogP contribution in [0.25, 0.3) is 44.2 Å². The van der Waals surface area contributed by atoms with Gasteiger partial charge >= 0.3 is 6.85 Å². The van der Waals surface area contributed by atoms with Crippen LogP contribution in [0.4, 0.5) is 45.5 Å².